The maximum atomic E-state index is 12.3. The molecule has 3 saturated heterocycles. The van der Waals surface area contributed by atoms with E-state index >= 15 is 0 Å². The molecule has 4 heterocycles. The van der Waals surface area contributed by atoms with E-state index in [1.165, 1.54) is 35.7 Å². The number of thioether (sulfide) groups is 2. The molecule has 0 saturated carbocycles. The van der Waals surface area contributed by atoms with E-state index < -0.39 is 57.1 Å². The van der Waals surface area contributed by atoms with Gasteiger partial charge in [-0.3, -0.25) is 28.8 Å². The molecule has 16 nitrogen and oxygen atoms in total. The van der Waals surface area contributed by atoms with Crippen LogP contribution in [0.2, 0.25) is 0 Å². The van der Waals surface area contributed by atoms with Crippen LogP contribution in [0.1, 0.15) is 128 Å². The zero-order chi connectivity index (χ0) is 55.9. The highest BCUT2D eigenvalue weighted by atomic mass is 35.5. The van der Waals surface area contributed by atoms with Gasteiger partial charge in [0, 0.05) is 89.5 Å². The molecular weight excluding hydrogens is 1080 g/mol. The number of hydrogen-bond acceptors (Lipinski definition) is 16. The molecule has 4 aliphatic heterocycles. The van der Waals surface area contributed by atoms with E-state index in [-0.39, 0.29) is 30.2 Å². The summed E-state index contributed by atoms with van der Waals surface area (Å²) in [7, 11) is 0. The molecule has 418 valence electrons. The lowest BCUT2D eigenvalue weighted by Crippen LogP contribution is -3.00. The first-order valence-corrected chi connectivity index (χ1v) is 28.4. The van der Waals surface area contributed by atoms with Crippen LogP contribution in [0.25, 0.3) is 16.7 Å². The van der Waals surface area contributed by atoms with Gasteiger partial charge in [0.15, 0.2) is 0 Å². The second-order valence-electron chi connectivity index (χ2n) is 22.0. The van der Waals surface area contributed by atoms with E-state index in [4.69, 9.17) is 14.2 Å². The molecule has 1 spiro atoms. The SMILES string of the molecule is CC(C)(C)OC(=O)N1CCC(O)(CS)CC1.CC(C)(C)OC(=O)N1CCC(O)(CSC2=CC(=O)C(=O)c3ccccc32)CC1.O=C1C(=O)c2ccccc2C2=C1SCC1(CC[NH2+]CC1)O2.O=C1C=Cc2ccccc2C1=O.[Cl-]. The minimum atomic E-state index is -0.941. The van der Waals surface area contributed by atoms with Gasteiger partial charge in [-0.1, -0.05) is 78.9 Å². The van der Waals surface area contributed by atoms with Gasteiger partial charge in [-0.2, -0.15) is 12.6 Å². The van der Waals surface area contributed by atoms with Gasteiger partial charge in [0.25, 0.3) is 0 Å². The number of ether oxygens (including phenoxy) is 3. The van der Waals surface area contributed by atoms with Crippen LogP contribution in [0.5, 0.6) is 0 Å². The molecule has 4 N–H and O–H groups in total. The fourth-order valence-electron chi connectivity index (χ4n) is 9.27. The number of fused-ring (bicyclic) bond motifs is 4. The predicted octanol–water partition coefficient (Wildman–Crippen LogP) is 4.42. The number of nitrogens with two attached hydrogens (primary N) is 1. The first-order valence-electron chi connectivity index (χ1n) is 25.8. The summed E-state index contributed by atoms with van der Waals surface area (Å²) in [6.07, 6.45) is 7.64. The number of halogens is 1. The Hall–Kier alpha value is -5.54. The van der Waals surface area contributed by atoms with E-state index in [1.807, 2.05) is 77.9 Å². The van der Waals surface area contributed by atoms with Crippen molar-refractivity contribution in [2.24, 2.45) is 0 Å². The number of ketones is 6. The number of hydrogen-bond donors (Lipinski definition) is 4. The molecule has 0 atom stereocenters. The van der Waals surface area contributed by atoms with Crippen molar-refractivity contribution >= 4 is 99.8 Å². The van der Waals surface area contributed by atoms with Crippen molar-refractivity contribution in [1.29, 1.82) is 0 Å². The molecule has 78 heavy (non-hydrogen) atoms. The number of carbonyl (C=O) groups is 8. The van der Waals surface area contributed by atoms with Crippen LogP contribution in [-0.2, 0) is 28.6 Å². The molecule has 0 radical (unpaired) electrons. The molecule has 3 aromatic rings. The van der Waals surface area contributed by atoms with Crippen molar-refractivity contribution in [3.63, 3.8) is 0 Å². The van der Waals surface area contributed by atoms with E-state index in [2.05, 4.69) is 17.9 Å². The minimum Gasteiger partial charge on any atom is -1.00 e. The number of likely N-dealkylation sites (tertiary alicyclic amines) is 2. The molecule has 7 aliphatic rings. The van der Waals surface area contributed by atoms with Gasteiger partial charge < -0.3 is 51.9 Å². The van der Waals surface area contributed by atoms with Gasteiger partial charge in [-0.05, 0) is 84.4 Å². The van der Waals surface area contributed by atoms with Crippen LogP contribution in [0.4, 0.5) is 9.59 Å². The first-order chi connectivity index (χ1) is 36.3. The van der Waals surface area contributed by atoms with Gasteiger partial charge in [0.1, 0.15) is 27.5 Å². The monoisotopic (exact) mass is 1150 g/mol. The Morgan fingerprint density at radius 1 is 0.641 bits per heavy atom. The molecule has 3 aliphatic carbocycles. The third-order valence-corrected chi connectivity index (χ3v) is 16.9. The number of carbonyl (C=O) groups excluding carboxylic acids is 8. The number of nitrogens with zero attached hydrogens (tertiary/aromatic N) is 2. The van der Waals surface area contributed by atoms with Crippen LogP contribution in [-0.4, -0.2) is 151 Å². The van der Waals surface area contributed by atoms with E-state index in [1.54, 1.807) is 52.3 Å². The lowest BCUT2D eigenvalue weighted by molar-refractivity contribution is -0.667. The fraction of sp³-hybridized carbons (Fsp3) is 0.448. The predicted molar refractivity (Wildman–Crippen MR) is 299 cm³/mol. The topological polar surface area (TPSA) is 228 Å². The molecular formula is C58H68ClN3O13S3. The highest BCUT2D eigenvalue weighted by Crippen LogP contribution is 2.46. The lowest BCUT2D eigenvalue weighted by atomic mass is 9.90. The van der Waals surface area contributed by atoms with Gasteiger partial charge in [0.2, 0.25) is 34.7 Å². The Kier molecular flexibility index (Phi) is 20.3. The fourth-order valence-corrected chi connectivity index (χ4v) is 12.1. The Labute approximate surface area is 475 Å². The second kappa shape index (κ2) is 25.7. The van der Waals surface area contributed by atoms with Crippen LogP contribution in [0, 0.1) is 0 Å². The average molecular weight is 1150 g/mol. The van der Waals surface area contributed by atoms with Gasteiger partial charge in [0.05, 0.1) is 24.3 Å². The number of rotatable bonds is 4. The number of quaternary nitrogens is 1. The van der Waals surface area contributed by atoms with Crippen LogP contribution in [0.15, 0.2) is 89.9 Å². The van der Waals surface area contributed by atoms with Crippen LogP contribution < -0.4 is 17.7 Å². The highest BCUT2D eigenvalue weighted by Gasteiger charge is 2.46. The molecule has 20 heteroatoms. The number of allylic oxidation sites excluding steroid dienone is 3. The summed E-state index contributed by atoms with van der Waals surface area (Å²) in [4.78, 5) is 98.9. The van der Waals surface area contributed by atoms with Crippen molar-refractivity contribution in [2.75, 3.05) is 56.5 Å². The van der Waals surface area contributed by atoms with Gasteiger partial charge >= 0.3 is 12.2 Å². The van der Waals surface area contributed by atoms with Crippen molar-refractivity contribution < 1.29 is 80.5 Å². The summed E-state index contributed by atoms with van der Waals surface area (Å²) in [5.41, 5.74) is 0.861. The average Bonchev–Trinajstić information content (AvgIpc) is 3.50. The normalized spacial score (nSPS) is 19.7. The summed E-state index contributed by atoms with van der Waals surface area (Å²) >= 11 is 6.99. The van der Waals surface area contributed by atoms with Gasteiger partial charge in [-0.15, -0.1) is 23.5 Å². The molecule has 3 aromatic carbocycles. The summed E-state index contributed by atoms with van der Waals surface area (Å²) < 4.78 is 17.0. The number of piperidine rings is 3. The third-order valence-electron chi connectivity index (χ3n) is 13.7. The number of Topliss-reactive ketones (excluding diaryl/α,β-unsaturated/α-hetero) is 4. The number of thiol groups is 1. The molecule has 0 aromatic heterocycles. The van der Waals surface area contributed by atoms with Crippen LogP contribution >= 0.6 is 36.2 Å². The maximum absolute atomic E-state index is 12.3. The Bertz CT molecular complexity index is 2900. The largest absolute Gasteiger partial charge is 1.00 e. The Morgan fingerprint density at radius 3 is 1.65 bits per heavy atom. The van der Waals surface area contributed by atoms with E-state index in [0.717, 1.165) is 48.4 Å². The van der Waals surface area contributed by atoms with Crippen molar-refractivity contribution in [3.8, 4) is 0 Å². The van der Waals surface area contributed by atoms with E-state index in [0.29, 0.717) is 95.6 Å². The standard InChI is InChI=1S/C21H25NO5S.C16H15NO3S.C11H21NO3S.C10H6O2.ClH/c1-20(2,3)27-19(25)22-10-8-21(26,9-11-22)13-28-17-12-16(23)18(24)15-7-5-4-6-14(15)17;18-12-10-3-1-2-4-11(10)14-15(13(12)19)21-9-16(20-14)5-7-17-8-6-16;1-10(2,3)15-9(13)12-6-4-11(14,8-16)5-7-12;11-9-6-5-7-3-1-2-4-8(7)10(9)12;/h4-7,12,26H,8-11,13H2,1-3H3;1-4,17H,5-9H2;14,16H,4-8H2,1-3H3;1-6H;1H. The van der Waals surface area contributed by atoms with Crippen molar-refractivity contribution in [2.45, 2.75) is 108 Å². The number of amides is 2. The molecule has 0 bridgehead atoms. The maximum Gasteiger partial charge on any atom is 0.410 e. The molecule has 2 amide bonds. The summed E-state index contributed by atoms with van der Waals surface area (Å²) in [5, 5.41) is 23.2. The van der Waals surface area contributed by atoms with Gasteiger partial charge in [-0.25, -0.2) is 9.59 Å². The summed E-state index contributed by atoms with van der Waals surface area (Å²) in [6.45, 7) is 15.0. The zero-order valence-corrected chi connectivity index (χ0v) is 48.0. The van der Waals surface area contributed by atoms with Crippen molar-refractivity contribution in [3.05, 3.63) is 123 Å². The second-order valence-corrected chi connectivity index (χ2v) is 24.3. The van der Waals surface area contributed by atoms with Crippen molar-refractivity contribution in [1.82, 2.24) is 9.80 Å². The number of benzene rings is 3. The van der Waals surface area contributed by atoms with Crippen LogP contribution in [0.3, 0.4) is 0 Å². The minimum absolute atomic E-state index is 0. The summed E-state index contributed by atoms with van der Waals surface area (Å²) in [6, 6.07) is 21.4. The zero-order valence-electron chi connectivity index (χ0n) is 44.8. The quantitative estimate of drug-likeness (QED) is 0.210. The molecule has 10 rings (SSSR count). The lowest BCUT2D eigenvalue weighted by Gasteiger charge is -2.41. The molecule has 0 unspecified atom stereocenters. The highest BCUT2D eigenvalue weighted by molar-refractivity contribution is 8.08. The first kappa shape index (κ1) is 61.7. The smallest absolute Gasteiger partial charge is 0.410 e. The molecule has 3 fully saturated rings. The Morgan fingerprint density at radius 2 is 1.12 bits per heavy atom. The number of aliphatic hydroxyl groups is 2. The third kappa shape index (κ3) is 15.4. The van der Waals surface area contributed by atoms with E-state index in [9.17, 15) is 48.6 Å². The summed E-state index contributed by atoms with van der Waals surface area (Å²) in [5.74, 6) is -0.473. The Balaban J connectivity index is 0.000000175.